The third-order valence-electron chi connectivity index (χ3n) is 4.28. The van der Waals surface area contributed by atoms with Gasteiger partial charge < -0.3 is 10.2 Å². The van der Waals surface area contributed by atoms with Gasteiger partial charge in [0.15, 0.2) is 0 Å². The van der Waals surface area contributed by atoms with Crippen LogP contribution in [0, 0.1) is 19.3 Å². The Hall–Kier alpha value is -1.02. The fourth-order valence-electron chi connectivity index (χ4n) is 2.66. The van der Waals surface area contributed by atoms with Crippen LogP contribution in [-0.2, 0) is 0 Å². The van der Waals surface area contributed by atoms with Crippen LogP contribution in [0.15, 0.2) is 18.2 Å². The van der Waals surface area contributed by atoms with Gasteiger partial charge in [-0.05, 0) is 58.1 Å². The number of anilines is 1. The molecule has 0 spiro atoms. The minimum Gasteiger partial charge on any atom is -0.374 e. The zero-order chi connectivity index (χ0) is 16.3. The molecule has 2 heteroatoms. The zero-order valence-corrected chi connectivity index (χ0v) is 15.3. The second kappa shape index (κ2) is 6.83. The van der Waals surface area contributed by atoms with E-state index in [4.69, 9.17) is 0 Å². The first-order valence-electron chi connectivity index (χ1n) is 8.10. The molecule has 1 N–H and O–H groups in total. The van der Waals surface area contributed by atoms with Crippen LogP contribution in [0.5, 0.6) is 0 Å². The van der Waals surface area contributed by atoms with Crippen molar-refractivity contribution in [2.45, 2.75) is 60.4 Å². The molecule has 0 aliphatic heterocycles. The molecule has 1 aromatic rings. The molecule has 1 aromatic carbocycles. The van der Waals surface area contributed by atoms with Crippen LogP contribution in [0.2, 0.25) is 0 Å². The highest BCUT2D eigenvalue weighted by atomic mass is 15.1. The lowest BCUT2D eigenvalue weighted by Crippen LogP contribution is -2.46. The number of nitrogens with one attached hydrogen (secondary N) is 1. The average Bonchev–Trinajstić information content (AvgIpc) is 2.35. The van der Waals surface area contributed by atoms with Gasteiger partial charge in [-0.3, -0.25) is 0 Å². The molecule has 21 heavy (non-hydrogen) atoms. The monoisotopic (exact) mass is 290 g/mol. The molecule has 0 bridgehead atoms. The molecule has 0 aliphatic carbocycles. The minimum atomic E-state index is 0.175. The van der Waals surface area contributed by atoms with E-state index in [9.17, 15) is 0 Å². The van der Waals surface area contributed by atoms with E-state index in [1.807, 2.05) is 0 Å². The fraction of sp³-hybridized carbons (Fsp3) is 0.684. The lowest BCUT2D eigenvalue weighted by Gasteiger charge is -2.37. The van der Waals surface area contributed by atoms with Gasteiger partial charge >= 0.3 is 0 Å². The SMILES string of the molecule is CCC(C)(CNC(C)(C)C)CN(C)c1ccc(C)cc1C. The normalized spacial score (nSPS) is 14.9. The van der Waals surface area contributed by atoms with Gasteiger partial charge in [0.05, 0.1) is 0 Å². The Balaban J connectivity index is 2.79. The number of benzene rings is 1. The summed E-state index contributed by atoms with van der Waals surface area (Å²) in [5.74, 6) is 0. The molecule has 0 heterocycles. The summed E-state index contributed by atoms with van der Waals surface area (Å²) in [6.45, 7) is 17.8. The Morgan fingerprint density at radius 1 is 1.10 bits per heavy atom. The number of nitrogens with zero attached hydrogens (tertiary/aromatic N) is 1. The largest absolute Gasteiger partial charge is 0.374 e. The fourth-order valence-corrected chi connectivity index (χ4v) is 2.66. The van der Waals surface area contributed by atoms with Gasteiger partial charge in [-0.2, -0.15) is 0 Å². The van der Waals surface area contributed by atoms with E-state index in [0.29, 0.717) is 0 Å². The molecular formula is C19H34N2. The molecule has 0 fully saturated rings. The van der Waals surface area contributed by atoms with Gasteiger partial charge in [-0.15, -0.1) is 0 Å². The van der Waals surface area contributed by atoms with Crippen molar-refractivity contribution >= 4 is 5.69 Å². The van der Waals surface area contributed by atoms with Crippen molar-refractivity contribution < 1.29 is 0 Å². The Morgan fingerprint density at radius 2 is 1.71 bits per heavy atom. The van der Waals surface area contributed by atoms with Crippen molar-refractivity contribution in [3.63, 3.8) is 0 Å². The molecule has 120 valence electrons. The third kappa shape index (κ3) is 5.70. The van der Waals surface area contributed by atoms with Gasteiger partial charge in [0.25, 0.3) is 0 Å². The van der Waals surface area contributed by atoms with E-state index in [1.54, 1.807) is 0 Å². The molecule has 0 amide bonds. The smallest absolute Gasteiger partial charge is 0.0393 e. The second-order valence-electron chi connectivity index (χ2n) is 7.91. The van der Waals surface area contributed by atoms with Crippen LogP contribution in [-0.4, -0.2) is 25.7 Å². The van der Waals surface area contributed by atoms with E-state index in [-0.39, 0.29) is 11.0 Å². The highest BCUT2D eigenvalue weighted by Crippen LogP contribution is 2.27. The lowest BCUT2D eigenvalue weighted by atomic mass is 9.85. The minimum absolute atomic E-state index is 0.175. The molecule has 0 saturated heterocycles. The van der Waals surface area contributed by atoms with Gasteiger partial charge in [0, 0.05) is 31.4 Å². The van der Waals surface area contributed by atoms with Crippen LogP contribution >= 0.6 is 0 Å². The second-order valence-corrected chi connectivity index (χ2v) is 7.91. The van der Waals surface area contributed by atoms with Crippen LogP contribution in [0.3, 0.4) is 0 Å². The first-order chi connectivity index (χ1) is 9.56. The van der Waals surface area contributed by atoms with Gasteiger partial charge in [0.2, 0.25) is 0 Å². The topological polar surface area (TPSA) is 15.3 Å². The van der Waals surface area contributed by atoms with E-state index in [2.05, 4.69) is 83.9 Å². The summed E-state index contributed by atoms with van der Waals surface area (Å²) < 4.78 is 0. The number of hydrogen-bond acceptors (Lipinski definition) is 2. The summed E-state index contributed by atoms with van der Waals surface area (Å²) in [5, 5.41) is 3.67. The van der Waals surface area contributed by atoms with E-state index in [0.717, 1.165) is 13.1 Å². The van der Waals surface area contributed by atoms with Crippen LogP contribution in [0.1, 0.15) is 52.2 Å². The molecule has 0 aromatic heterocycles. The standard InChI is InChI=1S/C19H34N2/c1-9-19(7,13-20-18(4,5)6)14-21(8)17-11-10-15(2)12-16(17)3/h10-12,20H,9,13-14H2,1-8H3. The summed E-state index contributed by atoms with van der Waals surface area (Å²) in [4.78, 5) is 2.41. The summed E-state index contributed by atoms with van der Waals surface area (Å²) >= 11 is 0. The quantitative estimate of drug-likeness (QED) is 0.827. The predicted octanol–water partition coefficient (Wildman–Crippen LogP) is 4.54. The molecule has 1 atom stereocenters. The molecule has 2 nitrogen and oxygen atoms in total. The average molecular weight is 290 g/mol. The van der Waals surface area contributed by atoms with Crippen LogP contribution in [0.4, 0.5) is 5.69 Å². The molecule has 0 saturated carbocycles. The van der Waals surface area contributed by atoms with Crippen molar-refractivity contribution in [1.82, 2.24) is 5.32 Å². The lowest BCUT2D eigenvalue weighted by molar-refractivity contribution is 0.262. The summed E-state index contributed by atoms with van der Waals surface area (Å²) in [5.41, 5.74) is 4.49. The summed E-state index contributed by atoms with van der Waals surface area (Å²) in [6, 6.07) is 6.72. The molecule has 0 aliphatic rings. The maximum Gasteiger partial charge on any atom is 0.0393 e. The maximum atomic E-state index is 3.67. The van der Waals surface area contributed by atoms with Crippen LogP contribution < -0.4 is 10.2 Å². The van der Waals surface area contributed by atoms with Crippen molar-refractivity contribution in [1.29, 1.82) is 0 Å². The molecule has 0 radical (unpaired) electrons. The van der Waals surface area contributed by atoms with E-state index in [1.165, 1.54) is 23.2 Å². The van der Waals surface area contributed by atoms with Crippen molar-refractivity contribution in [2.75, 3.05) is 25.0 Å². The van der Waals surface area contributed by atoms with Gasteiger partial charge in [-0.25, -0.2) is 0 Å². The number of hydrogen-bond donors (Lipinski definition) is 1. The molecule has 1 rings (SSSR count). The maximum absolute atomic E-state index is 3.67. The Bertz CT molecular complexity index is 459. The van der Waals surface area contributed by atoms with Crippen LogP contribution in [0.25, 0.3) is 0 Å². The Kier molecular flexibility index (Phi) is 5.86. The zero-order valence-electron chi connectivity index (χ0n) is 15.3. The van der Waals surface area contributed by atoms with Crippen molar-refractivity contribution in [3.8, 4) is 0 Å². The number of rotatable bonds is 6. The Morgan fingerprint density at radius 3 is 2.19 bits per heavy atom. The third-order valence-corrected chi connectivity index (χ3v) is 4.28. The predicted molar refractivity (Wildman–Crippen MR) is 95.3 cm³/mol. The highest BCUT2D eigenvalue weighted by Gasteiger charge is 2.26. The summed E-state index contributed by atoms with van der Waals surface area (Å²) in [7, 11) is 2.21. The highest BCUT2D eigenvalue weighted by molar-refractivity contribution is 5.53. The number of aryl methyl sites for hydroxylation is 2. The first-order valence-corrected chi connectivity index (χ1v) is 8.10. The van der Waals surface area contributed by atoms with Crippen molar-refractivity contribution in [3.05, 3.63) is 29.3 Å². The van der Waals surface area contributed by atoms with Crippen molar-refractivity contribution in [2.24, 2.45) is 5.41 Å². The molecule has 1 unspecified atom stereocenters. The van der Waals surface area contributed by atoms with E-state index < -0.39 is 0 Å². The summed E-state index contributed by atoms with van der Waals surface area (Å²) in [6.07, 6.45) is 1.17. The van der Waals surface area contributed by atoms with Gasteiger partial charge in [-0.1, -0.05) is 31.5 Å². The first kappa shape index (κ1) is 18.0. The molecular weight excluding hydrogens is 256 g/mol. The van der Waals surface area contributed by atoms with E-state index >= 15 is 0 Å². The van der Waals surface area contributed by atoms with Gasteiger partial charge in [0.1, 0.15) is 0 Å². The Labute approximate surface area is 131 Å².